The number of rotatable bonds is 6. The molecule has 0 aliphatic heterocycles. The SMILES string of the molecule is CCC(CC)NC(=O)C(C)Nc1c(C)cc(Br)cc1C. The van der Waals surface area contributed by atoms with Crippen LogP contribution >= 0.6 is 15.9 Å². The third-order valence-electron chi connectivity index (χ3n) is 3.58. The fourth-order valence-electron chi connectivity index (χ4n) is 2.24. The van der Waals surface area contributed by atoms with Crippen LogP contribution in [-0.4, -0.2) is 18.0 Å². The van der Waals surface area contributed by atoms with Crippen molar-refractivity contribution in [2.75, 3.05) is 5.32 Å². The highest BCUT2D eigenvalue weighted by Crippen LogP contribution is 2.25. The van der Waals surface area contributed by atoms with Gasteiger partial charge in [0.2, 0.25) is 5.91 Å². The number of aryl methyl sites for hydroxylation is 2. The van der Waals surface area contributed by atoms with Gasteiger partial charge in [0.1, 0.15) is 6.04 Å². The van der Waals surface area contributed by atoms with Gasteiger partial charge >= 0.3 is 0 Å². The summed E-state index contributed by atoms with van der Waals surface area (Å²) in [6, 6.07) is 4.13. The van der Waals surface area contributed by atoms with E-state index in [4.69, 9.17) is 0 Å². The third kappa shape index (κ3) is 4.51. The molecule has 0 aliphatic carbocycles. The Balaban J connectivity index is 2.76. The minimum atomic E-state index is -0.242. The first-order chi connectivity index (χ1) is 9.38. The maximum Gasteiger partial charge on any atom is 0.242 e. The number of hydrogen-bond acceptors (Lipinski definition) is 2. The summed E-state index contributed by atoms with van der Waals surface area (Å²) in [5, 5.41) is 6.40. The molecule has 1 aromatic rings. The largest absolute Gasteiger partial charge is 0.373 e. The Morgan fingerprint density at radius 3 is 2.15 bits per heavy atom. The van der Waals surface area contributed by atoms with Crippen molar-refractivity contribution in [2.24, 2.45) is 0 Å². The average Bonchev–Trinajstić information content (AvgIpc) is 2.39. The summed E-state index contributed by atoms with van der Waals surface area (Å²) in [5.74, 6) is 0.0559. The van der Waals surface area contributed by atoms with Crippen LogP contribution in [0.25, 0.3) is 0 Å². The van der Waals surface area contributed by atoms with Crippen LogP contribution < -0.4 is 10.6 Å². The zero-order valence-electron chi connectivity index (χ0n) is 13.0. The zero-order valence-corrected chi connectivity index (χ0v) is 14.6. The monoisotopic (exact) mass is 340 g/mol. The molecule has 1 amide bonds. The van der Waals surface area contributed by atoms with Gasteiger partial charge in [-0.05, 0) is 56.9 Å². The van der Waals surface area contributed by atoms with Gasteiger partial charge in [0, 0.05) is 16.2 Å². The summed E-state index contributed by atoms with van der Waals surface area (Å²) in [6.07, 6.45) is 1.93. The number of halogens is 1. The van der Waals surface area contributed by atoms with Crippen LogP contribution in [0.15, 0.2) is 16.6 Å². The molecule has 0 fully saturated rings. The number of benzene rings is 1. The fourth-order valence-corrected chi connectivity index (χ4v) is 2.93. The summed E-state index contributed by atoms with van der Waals surface area (Å²) in [7, 11) is 0. The fraction of sp³-hybridized carbons (Fsp3) is 0.562. The molecular formula is C16H25BrN2O. The second-order valence-corrected chi connectivity index (χ2v) is 6.22. The molecule has 0 bridgehead atoms. The van der Waals surface area contributed by atoms with Crippen molar-refractivity contribution in [1.82, 2.24) is 5.32 Å². The van der Waals surface area contributed by atoms with Crippen LogP contribution in [0.4, 0.5) is 5.69 Å². The predicted molar refractivity (Wildman–Crippen MR) is 89.2 cm³/mol. The summed E-state index contributed by atoms with van der Waals surface area (Å²) < 4.78 is 1.06. The molecule has 0 heterocycles. The standard InChI is InChI=1S/C16H25BrN2O/c1-6-14(7-2)19-16(20)12(5)18-15-10(3)8-13(17)9-11(15)4/h8-9,12,14,18H,6-7H2,1-5H3,(H,19,20). The van der Waals surface area contributed by atoms with Gasteiger partial charge in [-0.15, -0.1) is 0 Å². The van der Waals surface area contributed by atoms with E-state index in [1.807, 2.05) is 20.8 Å². The number of hydrogen-bond donors (Lipinski definition) is 2. The Bertz CT molecular complexity index is 447. The van der Waals surface area contributed by atoms with E-state index in [1.54, 1.807) is 0 Å². The summed E-state index contributed by atoms with van der Waals surface area (Å²) in [4.78, 5) is 12.2. The van der Waals surface area contributed by atoms with Crippen LogP contribution in [0, 0.1) is 13.8 Å². The highest BCUT2D eigenvalue weighted by Gasteiger charge is 2.17. The molecule has 0 aliphatic rings. The smallest absolute Gasteiger partial charge is 0.242 e. The minimum Gasteiger partial charge on any atom is -0.373 e. The molecule has 1 aromatic carbocycles. The second-order valence-electron chi connectivity index (χ2n) is 5.30. The van der Waals surface area contributed by atoms with Gasteiger partial charge in [0.05, 0.1) is 0 Å². The van der Waals surface area contributed by atoms with Crippen molar-refractivity contribution >= 4 is 27.5 Å². The van der Waals surface area contributed by atoms with E-state index in [0.717, 1.165) is 34.1 Å². The maximum absolute atomic E-state index is 12.2. The normalized spacial score (nSPS) is 12.3. The molecule has 0 aromatic heterocycles. The van der Waals surface area contributed by atoms with Gasteiger partial charge < -0.3 is 10.6 Å². The molecule has 112 valence electrons. The van der Waals surface area contributed by atoms with Crippen molar-refractivity contribution in [2.45, 2.75) is 59.5 Å². The number of anilines is 1. The van der Waals surface area contributed by atoms with E-state index in [2.05, 4.69) is 52.5 Å². The van der Waals surface area contributed by atoms with Crippen LogP contribution in [-0.2, 0) is 4.79 Å². The molecule has 4 heteroatoms. The first kappa shape index (κ1) is 17.0. The van der Waals surface area contributed by atoms with E-state index in [9.17, 15) is 4.79 Å². The van der Waals surface area contributed by atoms with E-state index < -0.39 is 0 Å². The van der Waals surface area contributed by atoms with Crippen LogP contribution in [0.2, 0.25) is 0 Å². The topological polar surface area (TPSA) is 41.1 Å². The molecule has 0 radical (unpaired) electrons. The third-order valence-corrected chi connectivity index (χ3v) is 4.04. The van der Waals surface area contributed by atoms with E-state index >= 15 is 0 Å². The van der Waals surface area contributed by atoms with Crippen LogP contribution in [0.1, 0.15) is 44.7 Å². The second kappa shape index (κ2) is 7.67. The van der Waals surface area contributed by atoms with Crippen molar-refractivity contribution < 1.29 is 4.79 Å². The average molecular weight is 341 g/mol. The van der Waals surface area contributed by atoms with Crippen molar-refractivity contribution in [1.29, 1.82) is 0 Å². The molecule has 1 unspecified atom stereocenters. The predicted octanol–water partition coefficient (Wildman–Crippen LogP) is 4.17. The Hall–Kier alpha value is -1.03. The molecule has 20 heavy (non-hydrogen) atoms. The van der Waals surface area contributed by atoms with Crippen molar-refractivity contribution in [3.8, 4) is 0 Å². The quantitative estimate of drug-likeness (QED) is 0.815. The van der Waals surface area contributed by atoms with Gasteiger partial charge in [-0.1, -0.05) is 29.8 Å². The van der Waals surface area contributed by atoms with Gasteiger partial charge in [-0.2, -0.15) is 0 Å². The molecule has 3 nitrogen and oxygen atoms in total. The maximum atomic E-state index is 12.2. The molecule has 1 rings (SSSR count). The van der Waals surface area contributed by atoms with Crippen molar-refractivity contribution in [3.05, 3.63) is 27.7 Å². The van der Waals surface area contributed by atoms with E-state index in [-0.39, 0.29) is 18.0 Å². The molecular weight excluding hydrogens is 316 g/mol. The molecule has 1 atom stereocenters. The molecule has 2 N–H and O–H groups in total. The minimum absolute atomic E-state index is 0.0559. The van der Waals surface area contributed by atoms with E-state index in [1.165, 1.54) is 0 Å². The molecule has 0 saturated heterocycles. The lowest BCUT2D eigenvalue weighted by molar-refractivity contribution is -0.122. The highest BCUT2D eigenvalue weighted by atomic mass is 79.9. The number of carbonyl (C=O) groups is 1. The first-order valence-corrected chi connectivity index (χ1v) is 8.01. The lowest BCUT2D eigenvalue weighted by Gasteiger charge is -2.22. The number of nitrogens with one attached hydrogen (secondary N) is 2. The van der Waals surface area contributed by atoms with Crippen molar-refractivity contribution in [3.63, 3.8) is 0 Å². The Morgan fingerprint density at radius 2 is 1.70 bits per heavy atom. The van der Waals surface area contributed by atoms with Gasteiger partial charge in [-0.3, -0.25) is 4.79 Å². The van der Waals surface area contributed by atoms with Gasteiger partial charge in [-0.25, -0.2) is 0 Å². The summed E-state index contributed by atoms with van der Waals surface area (Å²) in [5.41, 5.74) is 3.32. The Morgan fingerprint density at radius 1 is 1.20 bits per heavy atom. The Labute approximate surface area is 130 Å². The Kier molecular flexibility index (Phi) is 6.53. The summed E-state index contributed by atoms with van der Waals surface area (Å²) in [6.45, 7) is 10.2. The highest BCUT2D eigenvalue weighted by molar-refractivity contribution is 9.10. The summed E-state index contributed by atoms with van der Waals surface area (Å²) >= 11 is 3.49. The van der Waals surface area contributed by atoms with Crippen LogP contribution in [0.5, 0.6) is 0 Å². The molecule has 0 spiro atoms. The van der Waals surface area contributed by atoms with Gasteiger partial charge in [0.15, 0.2) is 0 Å². The van der Waals surface area contributed by atoms with Gasteiger partial charge in [0.25, 0.3) is 0 Å². The lowest BCUT2D eigenvalue weighted by Crippen LogP contribution is -2.43. The van der Waals surface area contributed by atoms with E-state index in [0.29, 0.717) is 0 Å². The number of amides is 1. The molecule has 0 saturated carbocycles. The number of carbonyl (C=O) groups excluding carboxylic acids is 1. The first-order valence-electron chi connectivity index (χ1n) is 7.22. The lowest BCUT2D eigenvalue weighted by atomic mass is 10.1. The zero-order chi connectivity index (χ0) is 15.3. The van der Waals surface area contributed by atoms with Crippen LogP contribution in [0.3, 0.4) is 0 Å².